The molecule has 0 heterocycles. The second-order valence-corrected chi connectivity index (χ2v) is 10.2. The monoisotopic (exact) mass is 628 g/mol. The lowest BCUT2D eigenvalue weighted by atomic mass is 9.81. The number of carbonyl (C=O) groups is 1. The number of ketones is 1. The molecular formula is C27H12N6O13. The second kappa shape index (κ2) is 10.0. The minimum atomic E-state index is -1.72. The van der Waals surface area contributed by atoms with Gasteiger partial charge in [-0.3, -0.25) is 65.5 Å². The molecule has 0 amide bonds. The topological polar surface area (TPSA) is 276 Å². The lowest BCUT2D eigenvalue weighted by Crippen LogP contribution is -2.20. The third kappa shape index (κ3) is 4.17. The molecule has 0 N–H and O–H groups in total. The molecule has 2 aliphatic rings. The predicted octanol–water partition coefficient (Wildman–Crippen LogP) is 5.63. The van der Waals surface area contributed by atoms with Gasteiger partial charge in [0.15, 0.2) is 5.78 Å². The molecule has 4 aromatic carbocycles. The summed E-state index contributed by atoms with van der Waals surface area (Å²) >= 11 is 0. The molecule has 0 saturated carbocycles. The van der Waals surface area contributed by atoms with Crippen molar-refractivity contribution in [2.45, 2.75) is 11.8 Å². The highest BCUT2D eigenvalue weighted by Gasteiger charge is 2.48. The van der Waals surface area contributed by atoms with Crippen LogP contribution in [0.2, 0.25) is 0 Å². The SMILES string of the molecule is O=C(C1c2cc([N+](=O)[O-])ccc2-c2c1cc([N+](=O)[O-])cc2[N+](=O)[O-])C1c2cc([N+](=O)[O-])ccc2-c2c1cc([N+](=O)[O-])cc2[N+](=O)[O-]. The van der Waals surface area contributed by atoms with E-state index < -0.39 is 81.3 Å². The van der Waals surface area contributed by atoms with Crippen LogP contribution in [0.1, 0.15) is 34.1 Å². The summed E-state index contributed by atoms with van der Waals surface area (Å²) in [6.45, 7) is 0. The van der Waals surface area contributed by atoms with Crippen LogP contribution in [0.25, 0.3) is 22.3 Å². The highest BCUT2D eigenvalue weighted by atomic mass is 16.6. The molecule has 0 bridgehead atoms. The molecule has 0 aliphatic heterocycles. The van der Waals surface area contributed by atoms with Crippen LogP contribution in [0.3, 0.4) is 0 Å². The summed E-state index contributed by atoms with van der Waals surface area (Å²) < 4.78 is 0. The average Bonchev–Trinajstić information content (AvgIpc) is 3.51. The second-order valence-electron chi connectivity index (χ2n) is 10.2. The fourth-order valence-electron chi connectivity index (χ4n) is 6.18. The Kier molecular flexibility index (Phi) is 6.32. The van der Waals surface area contributed by atoms with Crippen LogP contribution in [-0.2, 0) is 4.79 Å². The van der Waals surface area contributed by atoms with Crippen molar-refractivity contribution in [1.82, 2.24) is 0 Å². The van der Waals surface area contributed by atoms with Crippen LogP contribution in [0, 0.1) is 60.7 Å². The molecule has 0 saturated heterocycles. The largest absolute Gasteiger partial charge is 0.298 e. The van der Waals surface area contributed by atoms with Crippen molar-refractivity contribution in [3.8, 4) is 22.3 Å². The van der Waals surface area contributed by atoms with Gasteiger partial charge in [-0.15, -0.1) is 0 Å². The van der Waals surface area contributed by atoms with Crippen LogP contribution in [-0.4, -0.2) is 35.3 Å². The van der Waals surface area contributed by atoms with Gasteiger partial charge in [0.2, 0.25) is 0 Å². The van der Waals surface area contributed by atoms with E-state index in [2.05, 4.69) is 0 Å². The van der Waals surface area contributed by atoms with Crippen molar-refractivity contribution in [2.75, 3.05) is 0 Å². The van der Waals surface area contributed by atoms with Gasteiger partial charge in [-0.05, 0) is 45.5 Å². The summed E-state index contributed by atoms with van der Waals surface area (Å²) in [6.07, 6.45) is 0. The third-order valence-corrected chi connectivity index (χ3v) is 7.92. The van der Waals surface area contributed by atoms with Gasteiger partial charge in [0.1, 0.15) is 0 Å². The number of non-ortho nitro benzene ring substituents is 4. The lowest BCUT2D eigenvalue weighted by molar-refractivity contribution is -0.394. The molecule has 2 aliphatic carbocycles. The molecule has 4 aromatic rings. The Morgan fingerprint density at radius 3 is 1.07 bits per heavy atom. The number of benzene rings is 4. The molecule has 19 nitrogen and oxygen atoms in total. The molecule has 19 heteroatoms. The van der Waals surface area contributed by atoms with Crippen LogP contribution < -0.4 is 0 Å². The Hall–Kier alpha value is -7.05. The summed E-state index contributed by atoms with van der Waals surface area (Å²) in [6, 6.07) is 9.29. The minimum Gasteiger partial charge on any atom is -0.298 e. The Morgan fingerprint density at radius 1 is 0.435 bits per heavy atom. The number of rotatable bonds is 8. The van der Waals surface area contributed by atoms with E-state index in [0.717, 1.165) is 48.5 Å². The summed E-state index contributed by atoms with van der Waals surface area (Å²) in [4.78, 5) is 80.5. The fourth-order valence-corrected chi connectivity index (χ4v) is 6.18. The first-order valence-corrected chi connectivity index (χ1v) is 12.8. The molecule has 2 unspecified atom stereocenters. The number of fused-ring (bicyclic) bond motifs is 6. The summed E-state index contributed by atoms with van der Waals surface area (Å²) in [5.41, 5.74) is -5.74. The molecule has 0 spiro atoms. The molecule has 0 radical (unpaired) electrons. The normalized spacial score (nSPS) is 15.2. The van der Waals surface area contributed by atoms with Crippen molar-refractivity contribution in [3.63, 3.8) is 0 Å². The third-order valence-electron chi connectivity index (χ3n) is 7.92. The number of hydrogen-bond acceptors (Lipinski definition) is 13. The van der Waals surface area contributed by atoms with Crippen molar-refractivity contribution in [2.24, 2.45) is 0 Å². The fraction of sp³-hybridized carbons (Fsp3) is 0.0741. The maximum atomic E-state index is 14.8. The van der Waals surface area contributed by atoms with Gasteiger partial charge in [-0.2, -0.15) is 0 Å². The van der Waals surface area contributed by atoms with E-state index in [1.54, 1.807) is 0 Å². The van der Waals surface area contributed by atoms with Crippen molar-refractivity contribution >= 4 is 39.9 Å². The molecule has 46 heavy (non-hydrogen) atoms. The van der Waals surface area contributed by atoms with Gasteiger partial charge in [0.25, 0.3) is 34.1 Å². The van der Waals surface area contributed by atoms with E-state index >= 15 is 0 Å². The van der Waals surface area contributed by atoms with Gasteiger partial charge in [-0.25, -0.2) is 0 Å². The quantitative estimate of drug-likeness (QED) is 0.169. The van der Waals surface area contributed by atoms with E-state index in [1.165, 1.54) is 0 Å². The number of nitro groups is 6. The molecule has 2 atom stereocenters. The smallest absolute Gasteiger partial charge is 0.284 e. The molecule has 228 valence electrons. The Labute approximate surface area is 252 Å². The Bertz CT molecular complexity index is 2030. The molecular weight excluding hydrogens is 616 g/mol. The molecule has 6 rings (SSSR count). The van der Waals surface area contributed by atoms with Gasteiger partial charge < -0.3 is 0 Å². The van der Waals surface area contributed by atoms with Crippen LogP contribution in [0.4, 0.5) is 34.1 Å². The van der Waals surface area contributed by atoms with Crippen molar-refractivity contribution in [1.29, 1.82) is 0 Å². The Balaban J connectivity index is 1.70. The number of nitro benzene ring substituents is 6. The molecule has 0 fully saturated rings. The Morgan fingerprint density at radius 2 is 0.761 bits per heavy atom. The number of carbonyl (C=O) groups excluding carboxylic acids is 1. The van der Waals surface area contributed by atoms with Crippen LogP contribution in [0.15, 0.2) is 60.7 Å². The number of nitrogens with zero attached hydrogens (tertiary/aromatic N) is 6. The molecule has 0 aromatic heterocycles. The van der Waals surface area contributed by atoms with Crippen LogP contribution >= 0.6 is 0 Å². The van der Waals surface area contributed by atoms with E-state index in [-0.39, 0.29) is 44.5 Å². The van der Waals surface area contributed by atoms with E-state index in [0.29, 0.717) is 12.1 Å². The van der Waals surface area contributed by atoms with E-state index in [9.17, 15) is 65.5 Å². The van der Waals surface area contributed by atoms with Crippen molar-refractivity contribution in [3.05, 3.63) is 144 Å². The predicted molar refractivity (Wildman–Crippen MR) is 152 cm³/mol. The van der Waals surface area contributed by atoms with E-state index in [1.807, 2.05) is 0 Å². The van der Waals surface area contributed by atoms with Gasteiger partial charge in [0.05, 0.1) is 64.6 Å². The zero-order chi connectivity index (χ0) is 33.4. The standard InChI is InChI=1S/C27H12N6O13/c34-27(25-17-5-11(28(35)36)1-3-15(17)23-19(25)7-13(30(39)40)9-21(23)32(43)44)26-18-6-12(29(37)38)2-4-16(18)24-20(26)8-14(31(41)42)10-22(24)33(45)46/h1-10,25-26H. The average molecular weight is 628 g/mol. The van der Waals surface area contributed by atoms with Crippen molar-refractivity contribution < 1.29 is 34.3 Å². The summed E-state index contributed by atoms with van der Waals surface area (Å²) in [5.74, 6) is -4.44. The number of hydrogen-bond donors (Lipinski definition) is 0. The van der Waals surface area contributed by atoms with Gasteiger partial charge in [-0.1, -0.05) is 0 Å². The van der Waals surface area contributed by atoms with Crippen LogP contribution in [0.5, 0.6) is 0 Å². The number of Topliss-reactive ketones (excluding diaryl/α,β-unsaturated/α-hetero) is 1. The van der Waals surface area contributed by atoms with Gasteiger partial charge in [0, 0.05) is 36.4 Å². The highest BCUT2D eigenvalue weighted by molar-refractivity contribution is 6.08. The maximum absolute atomic E-state index is 14.8. The lowest BCUT2D eigenvalue weighted by Gasteiger charge is -2.19. The first kappa shape index (κ1) is 29.0. The minimum absolute atomic E-state index is 0.0388. The van der Waals surface area contributed by atoms with Gasteiger partial charge >= 0.3 is 0 Å². The summed E-state index contributed by atoms with van der Waals surface area (Å²) in [7, 11) is 0. The maximum Gasteiger partial charge on any atom is 0.284 e. The zero-order valence-corrected chi connectivity index (χ0v) is 22.4. The first-order valence-electron chi connectivity index (χ1n) is 12.8. The first-order chi connectivity index (χ1) is 21.7. The zero-order valence-electron chi connectivity index (χ0n) is 22.4. The highest BCUT2D eigenvalue weighted by Crippen LogP contribution is 2.57. The summed E-state index contributed by atoms with van der Waals surface area (Å²) in [5, 5.41) is 71.1. The van der Waals surface area contributed by atoms with E-state index in [4.69, 9.17) is 0 Å².